The molecule has 0 unspecified atom stereocenters. The molecule has 0 spiro atoms. The maximum absolute atomic E-state index is 14.0. The standard InChI is InChI=1S/C23H23FO/c1-2-3-4-5-17-6-8-18(9-7-17)19-10-12-20(13-11-19)22-15-14-21(25)16-23(22)24/h6-16,25H,2-5H2,1H3. The van der Waals surface area contributed by atoms with Crippen molar-refractivity contribution in [1.82, 2.24) is 0 Å². The molecule has 3 aromatic rings. The summed E-state index contributed by atoms with van der Waals surface area (Å²) in [4.78, 5) is 0. The summed E-state index contributed by atoms with van der Waals surface area (Å²) in [5.41, 5.74) is 4.95. The first-order chi connectivity index (χ1) is 12.2. The van der Waals surface area contributed by atoms with Crippen LogP contribution in [0.15, 0.2) is 66.7 Å². The van der Waals surface area contributed by atoms with E-state index in [1.54, 1.807) is 6.07 Å². The van der Waals surface area contributed by atoms with Gasteiger partial charge in [-0.25, -0.2) is 4.39 Å². The Balaban J connectivity index is 1.76. The van der Waals surface area contributed by atoms with E-state index < -0.39 is 5.82 Å². The first kappa shape index (κ1) is 17.2. The van der Waals surface area contributed by atoms with E-state index in [1.165, 1.54) is 30.9 Å². The Morgan fingerprint density at radius 2 is 1.36 bits per heavy atom. The van der Waals surface area contributed by atoms with Crippen LogP contribution in [0.2, 0.25) is 0 Å². The highest BCUT2D eigenvalue weighted by atomic mass is 19.1. The molecule has 1 N–H and O–H groups in total. The van der Waals surface area contributed by atoms with Gasteiger partial charge in [-0.15, -0.1) is 0 Å². The minimum absolute atomic E-state index is 0.0584. The van der Waals surface area contributed by atoms with Crippen molar-refractivity contribution < 1.29 is 9.50 Å². The van der Waals surface area contributed by atoms with Gasteiger partial charge in [0.25, 0.3) is 0 Å². The maximum atomic E-state index is 14.0. The molecule has 128 valence electrons. The topological polar surface area (TPSA) is 20.2 Å². The fraction of sp³-hybridized carbons (Fsp3) is 0.217. The summed E-state index contributed by atoms with van der Waals surface area (Å²) in [6.45, 7) is 2.22. The number of phenols is 1. The molecule has 0 amide bonds. The van der Waals surface area contributed by atoms with E-state index in [9.17, 15) is 9.50 Å². The molecule has 0 atom stereocenters. The number of rotatable bonds is 6. The maximum Gasteiger partial charge on any atom is 0.134 e. The van der Waals surface area contributed by atoms with Gasteiger partial charge in [0.2, 0.25) is 0 Å². The van der Waals surface area contributed by atoms with E-state index in [1.807, 2.05) is 24.3 Å². The third kappa shape index (κ3) is 4.27. The second-order valence-electron chi connectivity index (χ2n) is 6.40. The molecule has 0 bridgehead atoms. The minimum atomic E-state index is -0.413. The Kier molecular flexibility index (Phi) is 5.49. The van der Waals surface area contributed by atoms with Crippen molar-refractivity contribution in [2.24, 2.45) is 0 Å². The Hall–Kier alpha value is -2.61. The lowest BCUT2D eigenvalue weighted by molar-refractivity contribution is 0.469. The van der Waals surface area contributed by atoms with Gasteiger partial charge in [0.1, 0.15) is 11.6 Å². The van der Waals surface area contributed by atoms with Crippen LogP contribution in [-0.4, -0.2) is 5.11 Å². The van der Waals surface area contributed by atoms with Crippen LogP contribution < -0.4 is 0 Å². The number of aryl methyl sites for hydroxylation is 1. The van der Waals surface area contributed by atoms with Crippen LogP contribution in [0.4, 0.5) is 4.39 Å². The van der Waals surface area contributed by atoms with Crippen LogP contribution in [0.5, 0.6) is 5.75 Å². The SMILES string of the molecule is CCCCCc1ccc(-c2ccc(-c3ccc(O)cc3F)cc2)cc1. The summed E-state index contributed by atoms with van der Waals surface area (Å²) >= 11 is 0. The average Bonchev–Trinajstić information content (AvgIpc) is 2.63. The molecule has 0 heterocycles. The normalized spacial score (nSPS) is 10.8. The monoisotopic (exact) mass is 334 g/mol. The van der Waals surface area contributed by atoms with Crippen molar-refractivity contribution in [3.63, 3.8) is 0 Å². The molecule has 0 radical (unpaired) electrons. The lowest BCUT2D eigenvalue weighted by Gasteiger charge is -2.07. The van der Waals surface area contributed by atoms with Gasteiger partial charge in [0.15, 0.2) is 0 Å². The highest BCUT2D eigenvalue weighted by molar-refractivity contribution is 5.71. The van der Waals surface area contributed by atoms with Crippen LogP contribution in [0.25, 0.3) is 22.3 Å². The van der Waals surface area contributed by atoms with E-state index in [4.69, 9.17) is 0 Å². The Labute approximate surface area is 148 Å². The number of hydrogen-bond acceptors (Lipinski definition) is 1. The third-order valence-electron chi connectivity index (χ3n) is 4.50. The highest BCUT2D eigenvalue weighted by Crippen LogP contribution is 2.28. The zero-order valence-electron chi connectivity index (χ0n) is 14.5. The van der Waals surface area contributed by atoms with Gasteiger partial charge in [0.05, 0.1) is 0 Å². The summed E-state index contributed by atoms with van der Waals surface area (Å²) in [5.74, 6) is -0.471. The summed E-state index contributed by atoms with van der Waals surface area (Å²) in [5, 5.41) is 9.33. The van der Waals surface area contributed by atoms with Crippen LogP contribution in [-0.2, 0) is 6.42 Å². The fourth-order valence-corrected chi connectivity index (χ4v) is 3.02. The average molecular weight is 334 g/mol. The first-order valence-electron chi connectivity index (χ1n) is 8.85. The summed E-state index contributed by atoms with van der Waals surface area (Å²) in [7, 11) is 0. The van der Waals surface area contributed by atoms with Crippen molar-refractivity contribution in [2.75, 3.05) is 0 Å². The molecule has 2 heteroatoms. The summed E-state index contributed by atoms with van der Waals surface area (Å²) < 4.78 is 14.0. The molecular weight excluding hydrogens is 311 g/mol. The van der Waals surface area contributed by atoms with Crippen LogP contribution in [0, 0.1) is 5.82 Å². The minimum Gasteiger partial charge on any atom is -0.508 e. The molecule has 3 aromatic carbocycles. The van der Waals surface area contributed by atoms with Crippen molar-refractivity contribution >= 4 is 0 Å². The Morgan fingerprint density at radius 1 is 0.760 bits per heavy atom. The van der Waals surface area contributed by atoms with Gasteiger partial charge in [-0.3, -0.25) is 0 Å². The lowest BCUT2D eigenvalue weighted by Crippen LogP contribution is -1.87. The van der Waals surface area contributed by atoms with Crippen molar-refractivity contribution in [2.45, 2.75) is 32.6 Å². The van der Waals surface area contributed by atoms with E-state index in [0.29, 0.717) is 5.56 Å². The number of phenolic OH excluding ortho intramolecular Hbond substituents is 1. The number of halogens is 1. The largest absolute Gasteiger partial charge is 0.508 e. The Bertz CT molecular complexity index is 820. The van der Waals surface area contributed by atoms with Crippen LogP contribution >= 0.6 is 0 Å². The number of unbranched alkanes of at least 4 members (excludes halogenated alkanes) is 2. The molecule has 1 nitrogen and oxygen atoms in total. The van der Waals surface area contributed by atoms with Crippen LogP contribution in [0.3, 0.4) is 0 Å². The molecule has 0 aliphatic heterocycles. The summed E-state index contributed by atoms with van der Waals surface area (Å²) in [6.07, 6.45) is 4.89. The number of aromatic hydroxyl groups is 1. The predicted octanol–water partition coefficient (Wildman–Crippen LogP) is 6.60. The lowest BCUT2D eigenvalue weighted by atomic mass is 9.98. The van der Waals surface area contributed by atoms with Gasteiger partial charge in [-0.2, -0.15) is 0 Å². The van der Waals surface area contributed by atoms with Crippen molar-refractivity contribution in [3.8, 4) is 28.0 Å². The predicted molar refractivity (Wildman–Crippen MR) is 102 cm³/mol. The quantitative estimate of drug-likeness (QED) is 0.504. The number of benzene rings is 3. The fourth-order valence-electron chi connectivity index (χ4n) is 3.02. The van der Waals surface area contributed by atoms with Crippen molar-refractivity contribution in [1.29, 1.82) is 0 Å². The van der Waals surface area contributed by atoms with Gasteiger partial charge < -0.3 is 5.11 Å². The third-order valence-corrected chi connectivity index (χ3v) is 4.50. The highest BCUT2D eigenvalue weighted by Gasteiger charge is 2.06. The van der Waals surface area contributed by atoms with Crippen molar-refractivity contribution in [3.05, 3.63) is 78.1 Å². The van der Waals surface area contributed by atoms with E-state index in [2.05, 4.69) is 31.2 Å². The molecule has 0 aliphatic rings. The van der Waals surface area contributed by atoms with Gasteiger partial charge in [-0.1, -0.05) is 68.3 Å². The van der Waals surface area contributed by atoms with Gasteiger partial charge in [0, 0.05) is 11.6 Å². The van der Waals surface area contributed by atoms with E-state index >= 15 is 0 Å². The molecule has 0 aromatic heterocycles. The van der Waals surface area contributed by atoms with Crippen LogP contribution in [0.1, 0.15) is 31.7 Å². The first-order valence-corrected chi connectivity index (χ1v) is 8.85. The summed E-state index contributed by atoms with van der Waals surface area (Å²) in [6, 6.07) is 20.8. The van der Waals surface area contributed by atoms with Gasteiger partial charge >= 0.3 is 0 Å². The second kappa shape index (κ2) is 7.98. The zero-order valence-corrected chi connectivity index (χ0v) is 14.5. The van der Waals surface area contributed by atoms with E-state index in [-0.39, 0.29) is 5.75 Å². The molecule has 0 saturated carbocycles. The smallest absolute Gasteiger partial charge is 0.134 e. The van der Waals surface area contributed by atoms with Gasteiger partial charge in [-0.05, 0) is 47.2 Å². The molecule has 25 heavy (non-hydrogen) atoms. The molecule has 3 rings (SSSR count). The molecule has 0 fully saturated rings. The molecular formula is C23H23FO. The zero-order chi connectivity index (χ0) is 17.6. The molecule has 0 aliphatic carbocycles. The number of hydrogen-bond donors (Lipinski definition) is 1. The molecule has 0 saturated heterocycles. The second-order valence-corrected chi connectivity index (χ2v) is 6.40. The Morgan fingerprint density at radius 3 is 1.96 bits per heavy atom. The van der Waals surface area contributed by atoms with E-state index in [0.717, 1.165) is 29.2 Å².